The summed E-state index contributed by atoms with van der Waals surface area (Å²) in [5.41, 5.74) is 7.73. The number of aromatic hydroxyl groups is 1. The van der Waals surface area contributed by atoms with Crippen molar-refractivity contribution in [3.8, 4) is 28.3 Å². The van der Waals surface area contributed by atoms with Gasteiger partial charge >= 0.3 is 0 Å². The molecule has 0 fully saturated rings. The molecule has 0 unspecified atom stereocenters. The van der Waals surface area contributed by atoms with Crippen LogP contribution in [0.3, 0.4) is 0 Å². The number of phenols is 1. The van der Waals surface area contributed by atoms with E-state index < -0.39 is 0 Å². The maximum Gasteiger partial charge on any atom is 0.143 e. The summed E-state index contributed by atoms with van der Waals surface area (Å²) in [6.45, 7) is 4.22. The highest BCUT2D eigenvalue weighted by Crippen LogP contribution is 2.41. The number of nitrogens with zero attached hydrogens (tertiary/aromatic N) is 2. The van der Waals surface area contributed by atoms with Gasteiger partial charge in [0.2, 0.25) is 0 Å². The lowest BCUT2D eigenvalue weighted by atomic mass is 10.0. The van der Waals surface area contributed by atoms with Crippen LogP contribution in [-0.2, 0) is 0 Å². The number of imidazole rings is 1. The first-order chi connectivity index (χ1) is 17.1. The second-order valence-electron chi connectivity index (χ2n) is 8.85. The van der Waals surface area contributed by atoms with E-state index in [-0.39, 0.29) is 5.75 Å². The maximum atomic E-state index is 11.1. The predicted octanol–water partition coefficient (Wildman–Crippen LogP) is 7.89. The fourth-order valence-corrected chi connectivity index (χ4v) is 4.86. The Kier molecular flexibility index (Phi) is 5.00. The number of hydrogen-bond acceptors (Lipinski definition) is 3. The quantitative estimate of drug-likeness (QED) is 0.284. The molecule has 170 valence electrons. The highest BCUT2D eigenvalue weighted by atomic mass is 16.3. The molecule has 4 aromatic carbocycles. The zero-order valence-corrected chi connectivity index (χ0v) is 19.7. The van der Waals surface area contributed by atoms with E-state index in [2.05, 4.69) is 66.0 Å². The number of phenolic OH excluding ortho intramolecular Hbond substituents is 1. The number of hydrogen-bond donors (Lipinski definition) is 2. The average molecular weight is 456 g/mol. The first-order valence-corrected chi connectivity index (χ1v) is 11.7. The van der Waals surface area contributed by atoms with Gasteiger partial charge in [0.25, 0.3) is 0 Å². The molecule has 0 aliphatic rings. The number of rotatable bonds is 4. The van der Waals surface area contributed by atoms with E-state index in [4.69, 9.17) is 4.98 Å². The Labute approximate surface area is 204 Å². The summed E-state index contributed by atoms with van der Waals surface area (Å²) in [6, 6.07) is 34.4. The molecule has 0 bridgehead atoms. The van der Waals surface area contributed by atoms with Crippen molar-refractivity contribution in [1.82, 2.24) is 9.38 Å². The van der Waals surface area contributed by atoms with Gasteiger partial charge in [0.15, 0.2) is 0 Å². The summed E-state index contributed by atoms with van der Waals surface area (Å²) in [5, 5.41) is 16.9. The standard InChI is InChI=1S/C31H25N3O/c1-20-10-8-11-21(2)29(20)33-31-30(23-13-4-3-5-14-23)32-27-17-9-16-25(34(27)31)28-24-15-7-6-12-22(24)18-19-26(28)35/h3-19,33,35H,1-2H3. The predicted molar refractivity (Wildman–Crippen MR) is 144 cm³/mol. The van der Waals surface area contributed by atoms with Crippen LogP contribution in [-0.4, -0.2) is 14.5 Å². The molecule has 2 N–H and O–H groups in total. The van der Waals surface area contributed by atoms with Crippen molar-refractivity contribution < 1.29 is 5.11 Å². The third kappa shape index (κ3) is 3.51. The van der Waals surface area contributed by atoms with Crippen LogP contribution in [0.15, 0.2) is 103 Å². The van der Waals surface area contributed by atoms with Gasteiger partial charge in [0.05, 0.1) is 5.69 Å². The van der Waals surface area contributed by atoms with Crippen molar-refractivity contribution in [3.63, 3.8) is 0 Å². The lowest BCUT2D eigenvalue weighted by Gasteiger charge is -2.17. The number of para-hydroxylation sites is 1. The molecular weight excluding hydrogens is 430 g/mol. The second kappa shape index (κ2) is 8.33. The number of pyridine rings is 1. The van der Waals surface area contributed by atoms with E-state index in [1.807, 2.05) is 54.6 Å². The van der Waals surface area contributed by atoms with Crippen LogP contribution in [0.4, 0.5) is 11.5 Å². The molecule has 0 spiro atoms. The summed E-state index contributed by atoms with van der Waals surface area (Å²) in [4.78, 5) is 5.05. The fourth-order valence-electron chi connectivity index (χ4n) is 4.86. The van der Waals surface area contributed by atoms with E-state index in [0.29, 0.717) is 0 Å². The lowest BCUT2D eigenvalue weighted by Crippen LogP contribution is -2.03. The van der Waals surface area contributed by atoms with Gasteiger partial charge in [0.1, 0.15) is 22.9 Å². The first kappa shape index (κ1) is 21.0. The zero-order chi connectivity index (χ0) is 23.9. The number of aryl methyl sites for hydroxylation is 2. The van der Waals surface area contributed by atoms with Gasteiger partial charge in [-0.2, -0.15) is 0 Å². The first-order valence-electron chi connectivity index (χ1n) is 11.7. The van der Waals surface area contributed by atoms with E-state index in [0.717, 1.165) is 61.6 Å². The lowest BCUT2D eigenvalue weighted by molar-refractivity contribution is 0.478. The van der Waals surface area contributed by atoms with Crippen LogP contribution < -0.4 is 5.32 Å². The Hall–Kier alpha value is -4.57. The van der Waals surface area contributed by atoms with Gasteiger partial charge in [0, 0.05) is 16.8 Å². The van der Waals surface area contributed by atoms with Crippen LogP contribution in [0.25, 0.3) is 38.9 Å². The molecule has 0 saturated heterocycles. The summed E-state index contributed by atoms with van der Waals surface area (Å²) in [6.07, 6.45) is 0. The number of benzene rings is 4. The van der Waals surface area contributed by atoms with Gasteiger partial charge in [-0.25, -0.2) is 4.98 Å². The van der Waals surface area contributed by atoms with Gasteiger partial charge in [-0.05, 0) is 53.9 Å². The number of aromatic nitrogens is 2. The van der Waals surface area contributed by atoms with Crippen molar-refractivity contribution in [2.45, 2.75) is 13.8 Å². The molecule has 35 heavy (non-hydrogen) atoms. The Balaban J connectivity index is 1.71. The molecule has 0 aliphatic heterocycles. The molecule has 2 heterocycles. The second-order valence-corrected chi connectivity index (χ2v) is 8.85. The Morgan fingerprint density at radius 3 is 2.23 bits per heavy atom. The van der Waals surface area contributed by atoms with Crippen LogP contribution >= 0.6 is 0 Å². The summed E-state index contributed by atoms with van der Waals surface area (Å²) in [7, 11) is 0. The van der Waals surface area contributed by atoms with Crippen molar-refractivity contribution >= 4 is 27.9 Å². The molecular formula is C31H25N3O. The zero-order valence-electron chi connectivity index (χ0n) is 19.7. The molecule has 0 saturated carbocycles. The summed E-state index contributed by atoms with van der Waals surface area (Å²) in [5.74, 6) is 1.11. The van der Waals surface area contributed by atoms with Crippen LogP contribution in [0.5, 0.6) is 5.75 Å². The van der Waals surface area contributed by atoms with Crippen LogP contribution in [0.2, 0.25) is 0 Å². The van der Waals surface area contributed by atoms with E-state index in [9.17, 15) is 5.11 Å². The minimum atomic E-state index is 0.240. The third-order valence-corrected chi connectivity index (χ3v) is 6.58. The largest absolute Gasteiger partial charge is 0.507 e. The smallest absolute Gasteiger partial charge is 0.143 e. The van der Waals surface area contributed by atoms with Crippen molar-refractivity contribution in [2.24, 2.45) is 0 Å². The molecule has 0 radical (unpaired) electrons. The fraction of sp³-hybridized carbons (Fsp3) is 0.0645. The monoisotopic (exact) mass is 455 g/mol. The van der Waals surface area contributed by atoms with E-state index in [1.54, 1.807) is 6.07 Å². The van der Waals surface area contributed by atoms with Crippen molar-refractivity contribution in [2.75, 3.05) is 5.32 Å². The number of fused-ring (bicyclic) bond motifs is 2. The van der Waals surface area contributed by atoms with Gasteiger partial charge in [-0.3, -0.25) is 4.40 Å². The molecule has 4 nitrogen and oxygen atoms in total. The summed E-state index contributed by atoms with van der Waals surface area (Å²) >= 11 is 0. The number of anilines is 2. The molecule has 2 aromatic heterocycles. The Morgan fingerprint density at radius 2 is 1.43 bits per heavy atom. The molecule has 0 atom stereocenters. The van der Waals surface area contributed by atoms with Gasteiger partial charge in [-0.15, -0.1) is 0 Å². The maximum absolute atomic E-state index is 11.1. The van der Waals surface area contributed by atoms with Crippen LogP contribution in [0, 0.1) is 13.8 Å². The topological polar surface area (TPSA) is 49.6 Å². The van der Waals surface area contributed by atoms with E-state index >= 15 is 0 Å². The SMILES string of the molecule is Cc1cccc(C)c1Nc1c(-c2ccccc2)nc2cccc(-c3c(O)ccc4ccccc34)n12. The molecule has 4 heteroatoms. The third-order valence-electron chi connectivity index (χ3n) is 6.58. The minimum absolute atomic E-state index is 0.240. The normalized spacial score (nSPS) is 11.3. The minimum Gasteiger partial charge on any atom is -0.507 e. The van der Waals surface area contributed by atoms with E-state index in [1.165, 1.54) is 0 Å². The molecule has 6 rings (SSSR count). The van der Waals surface area contributed by atoms with Crippen molar-refractivity contribution in [1.29, 1.82) is 0 Å². The Bertz CT molecular complexity index is 1680. The highest BCUT2D eigenvalue weighted by molar-refractivity contribution is 6.00. The molecule has 0 aliphatic carbocycles. The molecule has 6 aromatic rings. The van der Waals surface area contributed by atoms with Crippen molar-refractivity contribution in [3.05, 3.63) is 114 Å². The summed E-state index contributed by atoms with van der Waals surface area (Å²) < 4.78 is 2.12. The van der Waals surface area contributed by atoms with Gasteiger partial charge in [-0.1, -0.05) is 84.9 Å². The Morgan fingerprint density at radius 1 is 0.714 bits per heavy atom. The molecule has 0 amide bonds. The average Bonchev–Trinajstić information content (AvgIpc) is 3.25. The van der Waals surface area contributed by atoms with Gasteiger partial charge < -0.3 is 10.4 Å². The highest BCUT2D eigenvalue weighted by Gasteiger charge is 2.21. The van der Waals surface area contributed by atoms with Crippen LogP contribution in [0.1, 0.15) is 11.1 Å². The number of nitrogens with one attached hydrogen (secondary N) is 1.